The van der Waals surface area contributed by atoms with Crippen molar-refractivity contribution in [3.8, 4) is 0 Å². The molecular formula is C17H24F3N3O2. The molecule has 25 heavy (non-hydrogen) atoms. The lowest BCUT2D eigenvalue weighted by atomic mass is 9.94. The van der Waals surface area contributed by atoms with Gasteiger partial charge in [-0.3, -0.25) is 9.36 Å². The zero-order chi connectivity index (χ0) is 18.1. The molecule has 0 radical (unpaired) electrons. The third-order valence-electron chi connectivity index (χ3n) is 5.38. The highest BCUT2D eigenvalue weighted by atomic mass is 19.4. The monoisotopic (exact) mass is 359 g/mol. The average Bonchev–Trinajstić information content (AvgIpc) is 2.96. The van der Waals surface area contributed by atoms with E-state index in [4.69, 9.17) is 0 Å². The van der Waals surface area contributed by atoms with Gasteiger partial charge in [0, 0.05) is 19.2 Å². The van der Waals surface area contributed by atoms with Crippen LogP contribution in [0.2, 0.25) is 0 Å². The molecule has 1 aliphatic heterocycles. The topological polar surface area (TPSA) is 58.4 Å². The Morgan fingerprint density at radius 2 is 1.88 bits per heavy atom. The van der Waals surface area contributed by atoms with Crippen molar-refractivity contribution in [2.45, 2.75) is 56.8 Å². The summed E-state index contributed by atoms with van der Waals surface area (Å²) < 4.78 is 39.0. The molecule has 0 spiro atoms. The van der Waals surface area contributed by atoms with E-state index in [-0.39, 0.29) is 5.92 Å². The maximum atomic E-state index is 12.6. The maximum absolute atomic E-state index is 12.6. The zero-order valence-electron chi connectivity index (χ0n) is 14.1. The molecule has 0 amide bonds. The van der Waals surface area contributed by atoms with Crippen LogP contribution >= 0.6 is 0 Å². The molecule has 3 rings (SSSR count). The van der Waals surface area contributed by atoms with Crippen molar-refractivity contribution in [1.82, 2.24) is 14.5 Å². The van der Waals surface area contributed by atoms with Crippen molar-refractivity contribution in [3.63, 3.8) is 0 Å². The van der Waals surface area contributed by atoms with Crippen molar-refractivity contribution in [1.29, 1.82) is 0 Å². The van der Waals surface area contributed by atoms with Crippen LogP contribution < -0.4 is 5.56 Å². The summed E-state index contributed by atoms with van der Waals surface area (Å²) in [5.41, 5.74) is -2.36. The minimum Gasteiger partial charge on any atom is -0.389 e. The Morgan fingerprint density at radius 3 is 2.44 bits per heavy atom. The highest BCUT2D eigenvalue weighted by Gasteiger charge is 2.35. The van der Waals surface area contributed by atoms with E-state index >= 15 is 0 Å². The molecule has 5 nitrogen and oxygen atoms in total. The molecule has 1 saturated carbocycles. The second-order valence-corrected chi connectivity index (χ2v) is 7.41. The summed E-state index contributed by atoms with van der Waals surface area (Å²) in [6, 6.07) is 0.560. The summed E-state index contributed by atoms with van der Waals surface area (Å²) in [5, 5.41) is 10.5. The summed E-state index contributed by atoms with van der Waals surface area (Å²) in [6.45, 7) is 2.77. The summed E-state index contributed by atoms with van der Waals surface area (Å²) >= 11 is 0. The fraction of sp³-hybridized carbons (Fsp3) is 0.765. The van der Waals surface area contributed by atoms with E-state index in [1.165, 1.54) is 4.57 Å². The molecule has 1 N–H and O–H groups in total. The van der Waals surface area contributed by atoms with Crippen LogP contribution in [0, 0.1) is 5.92 Å². The fourth-order valence-corrected chi connectivity index (χ4v) is 3.93. The van der Waals surface area contributed by atoms with E-state index in [1.54, 1.807) is 0 Å². The van der Waals surface area contributed by atoms with E-state index in [0.717, 1.165) is 57.9 Å². The molecule has 0 unspecified atom stereocenters. The number of nitrogens with zero attached hydrogens (tertiary/aromatic N) is 3. The molecular weight excluding hydrogens is 335 g/mol. The minimum atomic E-state index is -4.59. The minimum absolute atomic E-state index is 0.241. The molecule has 1 aromatic rings. The van der Waals surface area contributed by atoms with Crippen molar-refractivity contribution in [3.05, 3.63) is 28.4 Å². The van der Waals surface area contributed by atoms with Crippen LogP contribution in [0.25, 0.3) is 0 Å². The number of hydrogen-bond donors (Lipinski definition) is 1. The van der Waals surface area contributed by atoms with Gasteiger partial charge in [0.05, 0.1) is 11.9 Å². The third-order valence-corrected chi connectivity index (χ3v) is 5.38. The molecule has 2 heterocycles. The number of hydrogen-bond acceptors (Lipinski definition) is 4. The van der Waals surface area contributed by atoms with E-state index in [2.05, 4.69) is 9.88 Å². The molecule has 2 aliphatic rings. The lowest BCUT2D eigenvalue weighted by molar-refractivity contribution is -0.141. The van der Waals surface area contributed by atoms with Gasteiger partial charge in [-0.25, -0.2) is 4.98 Å². The first-order valence-corrected chi connectivity index (χ1v) is 8.84. The van der Waals surface area contributed by atoms with Gasteiger partial charge in [0.2, 0.25) is 0 Å². The largest absolute Gasteiger partial charge is 0.433 e. The van der Waals surface area contributed by atoms with Crippen molar-refractivity contribution >= 4 is 0 Å². The molecule has 1 aliphatic carbocycles. The van der Waals surface area contributed by atoms with Crippen molar-refractivity contribution in [2.24, 2.45) is 5.92 Å². The van der Waals surface area contributed by atoms with Gasteiger partial charge in [-0.15, -0.1) is 0 Å². The SMILES string of the molecule is O=c1cc(C(F)(F)F)ncn1CC1CCN(CC2(O)CCCC2)CC1. The van der Waals surface area contributed by atoms with Crippen LogP contribution in [-0.4, -0.2) is 44.8 Å². The molecule has 8 heteroatoms. The highest BCUT2D eigenvalue weighted by molar-refractivity contribution is 5.03. The lowest BCUT2D eigenvalue weighted by Crippen LogP contribution is -2.45. The number of rotatable bonds is 4. The van der Waals surface area contributed by atoms with Gasteiger partial charge in [0.1, 0.15) is 0 Å². The first kappa shape index (κ1) is 18.4. The highest BCUT2D eigenvalue weighted by Crippen LogP contribution is 2.31. The summed E-state index contributed by atoms with van der Waals surface area (Å²) in [5.74, 6) is 0.241. The molecule has 0 atom stereocenters. The lowest BCUT2D eigenvalue weighted by Gasteiger charge is -2.36. The van der Waals surface area contributed by atoms with E-state index in [9.17, 15) is 23.1 Å². The van der Waals surface area contributed by atoms with Gasteiger partial charge in [0.15, 0.2) is 5.69 Å². The second-order valence-electron chi connectivity index (χ2n) is 7.41. The van der Waals surface area contributed by atoms with Crippen molar-refractivity contribution in [2.75, 3.05) is 19.6 Å². The smallest absolute Gasteiger partial charge is 0.389 e. The van der Waals surface area contributed by atoms with Gasteiger partial charge < -0.3 is 10.0 Å². The van der Waals surface area contributed by atoms with Gasteiger partial charge in [0.25, 0.3) is 5.56 Å². The first-order valence-electron chi connectivity index (χ1n) is 8.84. The predicted octanol–water partition coefficient (Wildman–Crippen LogP) is 2.28. The number of β-amino-alcohol motifs (C(OH)–C–C–N with tert-alkyl or cyclic N) is 1. The summed E-state index contributed by atoms with van der Waals surface area (Å²) in [7, 11) is 0. The maximum Gasteiger partial charge on any atom is 0.433 e. The number of aliphatic hydroxyl groups is 1. The molecule has 0 aromatic carbocycles. The average molecular weight is 359 g/mol. The predicted molar refractivity (Wildman–Crippen MR) is 86.1 cm³/mol. The molecule has 2 fully saturated rings. The van der Waals surface area contributed by atoms with Crippen LogP contribution in [-0.2, 0) is 12.7 Å². The van der Waals surface area contributed by atoms with Gasteiger partial charge in [-0.1, -0.05) is 12.8 Å². The Morgan fingerprint density at radius 1 is 1.24 bits per heavy atom. The Bertz CT molecular complexity index is 645. The number of alkyl halides is 3. The Kier molecular flexibility index (Phi) is 5.20. The van der Waals surface area contributed by atoms with E-state index < -0.39 is 23.0 Å². The standard InChI is InChI=1S/C17H24F3N3O2/c18-17(19,20)14-9-15(24)23(12-21-14)10-13-3-7-22(8-4-13)11-16(25)5-1-2-6-16/h9,12-13,25H,1-8,10-11H2. The normalized spacial score (nSPS) is 22.4. The number of aromatic nitrogens is 2. The van der Waals surface area contributed by atoms with Gasteiger partial charge in [-0.05, 0) is 44.7 Å². The molecule has 1 saturated heterocycles. The van der Waals surface area contributed by atoms with Crippen molar-refractivity contribution < 1.29 is 18.3 Å². The number of halogens is 3. The van der Waals surface area contributed by atoms with Crippen LogP contribution in [0.1, 0.15) is 44.2 Å². The van der Waals surface area contributed by atoms with Crippen LogP contribution in [0.4, 0.5) is 13.2 Å². The summed E-state index contributed by atoms with van der Waals surface area (Å²) in [6.07, 6.45) is 2.02. The van der Waals surface area contributed by atoms with E-state index in [0.29, 0.717) is 19.2 Å². The number of piperidine rings is 1. The number of likely N-dealkylation sites (tertiary alicyclic amines) is 1. The van der Waals surface area contributed by atoms with Crippen LogP contribution in [0.3, 0.4) is 0 Å². The quantitative estimate of drug-likeness (QED) is 0.896. The molecule has 0 bridgehead atoms. The first-order chi connectivity index (χ1) is 11.8. The second kappa shape index (κ2) is 7.07. The van der Waals surface area contributed by atoms with Gasteiger partial charge in [-0.2, -0.15) is 13.2 Å². The Balaban J connectivity index is 1.53. The van der Waals surface area contributed by atoms with Gasteiger partial charge >= 0.3 is 6.18 Å². The van der Waals surface area contributed by atoms with Crippen LogP contribution in [0.5, 0.6) is 0 Å². The van der Waals surface area contributed by atoms with Crippen LogP contribution in [0.15, 0.2) is 17.2 Å². The molecule has 1 aromatic heterocycles. The zero-order valence-corrected chi connectivity index (χ0v) is 14.1. The Hall–Kier alpha value is -1.41. The summed E-state index contributed by atoms with van der Waals surface area (Å²) in [4.78, 5) is 17.5. The van der Waals surface area contributed by atoms with E-state index in [1.807, 2.05) is 0 Å². The Labute approximate surface area is 144 Å². The third kappa shape index (κ3) is 4.61. The molecule has 140 valence electrons. The fourth-order valence-electron chi connectivity index (χ4n) is 3.93.